The van der Waals surface area contributed by atoms with E-state index < -0.39 is 0 Å². The van der Waals surface area contributed by atoms with Crippen molar-refractivity contribution in [3.8, 4) is 0 Å². The Hall–Kier alpha value is -1.40. The molecule has 2 aromatic heterocycles. The van der Waals surface area contributed by atoms with Gasteiger partial charge in [0, 0.05) is 25.5 Å². The average molecular weight is 293 g/mol. The smallest absolute Gasteiger partial charge is 0.264 e. The fourth-order valence-electron chi connectivity index (χ4n) is 2.81. The van der Waals surface area contributed by atoms with Crippen LogP contribution in [0.3, 0.4) is 0 Å². The molecule has 3 rings (SSSR count). The lowest BCUT2D eigenvalue weighted by molar-refractivity contribution is -0.0585. The predicted molar refractivity (Wildman–Crippen MR) is 79.2 cm³/mol. The van der Waals surface area contributed by atoms with Gasteiger partial charge in [0.15, 0.2) is 0 Å². The van der Waals surface area contributed by atoms with Crippen LogP contribution in [0.4, 0.5) is 0 Å². The van der Waals surface area contributed by atoms with Gasteiger partial charge < -0.3 is 9.64 Å². The minimum Gasteiger partial charge on any atom is -0.372 e. The average Bonchev–Trinajstić information content (AvgIpc) is 2.90. The highest BCUT2D eigenvalue weighted by Gasteiger charge is 2.28. The third-order valence-electron chi connectivity index (χ3n) is 3.61. The molecular formula is C14H19N3O2S. The van der Waals surface area contributed by atoms with Crippen molar-refractivity contribution in [2.24, 2.45) is 7.05 Å². The Morgan fingerprint density at radius 3 is 2.65 bits per heavy atom. The molecule has 6 heteroatoms. The lowest BCUT2D eigenvalue weighted by atomic mass is 10.2. The van der Waals surface area contributed by atoms with Gasteiger partial charge in [0.1, 0.15) is 4.83 Å². The summed E-state index contributed by atoms with van der Waals surface area (Å²) in [4.78, 5) is 16.4. The molecule has 0 radical (unpaired) electrons. The van der Waals surface area contributed by atoms with Crippen LogP contribution >= 0.6 is 11.3 Å². The van der Waals surface area contributed by atoms with Gasteiger partial charge in [-0.25, -0.2) is 0 Å². The maximum atomic E-state index is 12.6. The maximum Gasteiger partial charge on any atom is 0.264 e. The molecule has 1 fully saturated rings. The number of aryl methyl sites for hydroxylation is 2. The van der Waals surface area contributed by atoms with E-state index in [2.05, 4.69) is 5.10 Å². The van der Waals surface area contributed by atoms with Crippen molar-refractivity contribution >= 4 is 27.5 Å². The summed E-state index contributed by atoms with van der Waals surface area (Å²) < 4.78 is 7.52. The van der Waals surface area contributed by atoms with Gasteiger partial charge in [-0.15, -0.1) is 11.3 Å². The third-order valence-corrected chi connectivity index (χ3v) is 4.80. The van der Waals surface area contributed by atoms with Crippen molar-refractivity contribution in [1.82, 2.24) is 14.7 Å². The van der Waals surface area contributed by atoms with Gasteiger partial charge in [0.25, 0.3) is 5.91 Å². The summed E-state index contributed by atoms with van der Waals surface area (Å²) in [5, 5.41) is 5.45. The van der Waals surface area contributed by atoms with Crippen LogP contribution in [-0.4, -0.2) is 45.9 Å². The molecule has 3 heterocycles. The highest BCUT2D eigenvalue weighted by molar-refractivity contribution is 7.20. The van der Waals surface area contributed by atoms with Gasteiger partial charge in [0.05, 0.1) is 22.8 Å². The quantitative estimate of drug-likeness (QED) is 0.810. The second-order valence-corrected chi connectivity index (χ2v) is 6.54. The zero-order valence-electron chi connectivity index (χ0n) is 12.2. The molecule has 2 aromatic rings. The van der Waals surface area contributed by atoms with Gasteiger partial charge in [-0.2, -0.15) is 5.10 Å². The first-order chi connectivity index (χ1) is 9.45. The number of rotatable bonds is 1. The number of aromatic nitrogens is 2. The molecule has 0 aromatic carbocycles. The fraction of sp³-hybridized carbons (Fsp3) is 0.571. The van der Waals surface area contributed by atoms with Gasteiger partial charge in [-0.1, -0.05) is 0 Å². The Labute approximate surface area is 122 Å². The largest absolute Gasteiger partial charge is 0.372 e. The SMILES string of the molecule is Cc1nn(C)c2sc(C(=O)N3C[C@H](C)O[C@@H](C)C3)cc12. The molecule has 1 aliphatic heterocycles. The second kappa shape index (κ2) is 4.86. The Morgan fingerprint density at radius 2 is 2.05 bits per heavy atom. The highest BCUT2D eigenvalue weighted by Crippen LogP contribution is 2.29. The Balaban J connectivity index is 1.90. The minimum atomic E-state index is 0.0977. The summed E-state index contributed by atoms with van der Waals surface area (Å²) >= 11 is 1.52. The van der Waals surface area contributed by atoms with Crippen LogP contribution in [0.5, 0.6) is 0 Å². The Kier molecular flexibility index (Phi) is 3.30. The van der Waals surface area contributed by atoms with E-state index in [-0.39, 0.29) is 18.1 Å². The number of carbonyl (C=O) groups is 1. The lowest BCUT2D eigenvalue weighted by Gasteiger charge is -2.35. The highest BCUT2D eigenvalue weighted by atomic mass is 32.1. The molecule has 0 unspecified atom stereocenters. The van der Waals surface area contributed by atoms with Gasteiger partial charge in [-0.3, -0.25) is 9.48 Å². The topological polar surface area (TPSA) is 47.4 Å². The maximum absolute atomic E-state index is 12.6. The van der Waals surface area contributed by atoms with Crippen LogP contribution in [0.15, 0.2) is 6.07 Å². The van der Waals surface area contributed by atoms with E-state index in [0.717, 1.165) is 20.8 Å². The number of amides is 1. The summed E-state index contributed by atoms with van der Waals surface area (Å²) in [6.45, 7) is 7.31. The number of fused-ring (bicyclic) bond motifs is 1. The summed E-state index contributed by atoms with van der Waals surface area (Å²) in [7, 11) is 1.92. The first kappa shape index (κ1) is 13.6. The first-order valence-corrected chi connectivity index (χ1v) is 7.65. The van der Waals surface area contributed by atoms with E-state index in [1.54, 1.807) is 0 Å². The van der Waals surface area contributed by atoms with Gasteiger partial charge in [0.2, 0.25) is 0 Å². The van der Waals surface area contributed by atoms with E-state index in [4.69, 9.17) is 4.74 Å². The van der Waals surface area contributed by atoms with Crippen molar-refractivity contribution in [2.75, 3.05) is 13.1 Å². The van der Waals surface area contributed by atoms with Crippen LogP contribution in [0, 0.1) is 6.92 Å². The fourth-order valence-corrected chi connectivity index (χ4v) is 3.90. The van der Waals surface area contributed by atoms with Crippen LogP contribution in [0.25, 0.3) is 10.2 Å². The summed E-state index contributed by atoms with van der Waals surface area (Å²) in [6, 6.07) is 1.97. The summed E-state index contributed by atoms with van der Waals surface area (Å²) in [6.07, 6.45) is 0.195. The monoisotopic (exact) mass is 293 g/mol. The molecular weight excluding hydrogens is 274 g/mol. The van der Waals surface area contributed by atoms with Gasteiger partial charge >= 0.3 is 0 Å². The molecule has 0 saturated carbocycles. The number of hydrogen-bond acceptors (Lipinski definition) is 4. The molecule has 0 aliphatic carbocycles. The van der Waals surface area contributed by atoms with Crippen molar-refractivity contribution in [3.63, 3.8) is 0 Å². The molecule has 1 aliphatic rings. The molecule has 1 amide bonds. The first-order valence-electron chi connectivity index (χ1n) is 6.83. The summed E-state index contributed by atoms with van der Waals surface area (Å²) in [5.74, 6) is 0.104. The molecule has 0 spiro atoms. The Morgan fingerprint density at radius 1 is 1.40 bits per heavy atom. The zero-order chi connectivity index (χ0) is 14.4. The number of thiophene rings is 1. The minimum absolute atomic E-state index is 0.0977. The molecule has 5 nitrogen and oxygen atoms in total. The van der Waals surface area contributed by atoms with E-state index in [1.165, 1.54) is 11.3 Å². The van der Waals surface area contributed by atoms with Crippen molar-refractivity contribution < 1.29 is 9.53 Å². The standard InChI is InChI=1S/C14H19N3O2S/c1-8-6-17(7-9(2)19-8)13(18)12-5-11-10(3)15-16(4)14(11)20-12/h5,8-9H,6-7H2,1-4H3/t8-,9-/m0/s1. The second-order valence-electron chi connectivity index (χ2n) is 5.51. The number of carbonyl (C=O) groups excluding carboxylic acids is 1. The number of morpholine rings is 1. The molecule has 1 saturated heterocycles. The number of nitrogens with zero attached hydrogens (tertiary/aromatic N) is 3. The summed E-state index contributed by atoms with van der Waals surface area (Å²) in [5.41, 5.74) is 0.974. The van der Waals surface area contributed by atoms with Crippen molar-refractivity contribution in [3.05, 3.63) is 16.6 Å². The molecule has 2 atom stereocenters. The molecule has 108 valence electrons. The molecule has 20 heavy (non-hydrogen) atoms. The lowest BCUT2D eigenvalue weighted by Crippen LogP contribution is -2.48. The zero-order valence-corrected chi connectivity index (χ0v) is 13.0. The van der Waals surface area contributed by atoms with E-state index in [9.17, 15) is 4.79 Å². The van der Waals surface area contributed by atoms with Crippen LogP contribution in [0.2, 0.25) is 0 Å². The van der Waals surface area contributed by atoms with Crippen LogP contribution in [0.1, 0.15) is 29.2 Å². The third kappa shape index (κ3) is 2.23. The predicted octanol–water partition coefficient (Wildman–Crippen LogP) is 2.19. The Bertz CT molecular complexity index is 616. The van der Waals surface area contributed by atoms with Gasteiger partial charge in [-0.05, 0) is 26.8 Å². The number of ether oxygens (including phenoxy) is 1. The van der Waals surface area contributed by atoms with Crippen LogP contribution in [-0.2, 0) is 11.8 Å². The van der Waals surface area contributed by atoms with Crippen molar-refractivity contribution in [2.45, 2.75) is 33.0 Å². The van der Waals surface area contributed by atoms with Crippen molar-refractivity contribution in [1.29, 1.82) is 0 Å². The van der Waals surface area contributed by atoms with E-state index in [1.807, 2.05) is 43.5 Å². The van der Waals surface area contributed by atoms with Crippen LogP contribution < -0.4 is 0 Å². The molecule has 0 bridgehead atoms. The molecule has 0 N–H and O–H groups in total. The van der Waals surface area contributed by atoms with E-state index in [0.29, 0.717) is 13.1 Å². The normalized spacial score (nSPS) is 23.5. The number of hydrogen-bond donors (Lipinski definition) is 0. The van der Waals surface area contributed by atoms with E-state index >= 15 is 0 Å².